The van der Waals surface area contributed by atoms with Crippen molar-refractivity contribution in [3.63, 3.8) is 0 Å². The van der Waals surface area contributed by atoms with Crippen molar-refractivity contribution in [1.29, 1.82) is 0 Å². The van der Waals surface area contributed by atoms with Gasteiger partial charge in [-0.3, -0.25) is 14.4 Å². The SMILES string of the molecule is O=C(c1ccc(Cn2cccn2)o1)N1CCN(Cc2ccc(Cl)cc2)CC1. The second-order valence-corrected chi connectivity index (χ2v) is 7.10. The number of carbonyl (C=O) groups excluding carboxylic acids is 1. The summed E-state index contributed by atoms with van der Waals surface area (Å²) in [5.74, 6) is 1.07. The lowest BCUT2D eigenvalue weighted by Crippen LogP contribution is -2.48. The highest BCUT2D eigenvalue weighted by Gasteiger charge is 2.24. The van der Waals surface area contributed by atoms with E-state index < -0.39 is 0 Å². The Morgan fingerprint density at radius 2 is 1.81 bits per heavy atom. The number of hydrogen-bond acceptors (Lipinski definition) is 4. The Bertz CT molecular complexity index is 881. The quantitative estimate of drug-likeness (QED) is 0.678. The maximum absolute atomic E-state index is 12.7. The van der Waals surface area contributed by atoms with Gasteiger partial charge in [0, 0.05) is 50.1 Å². The molecule has 3 aromatic rings. The molecule has 0 unspecified atom stereocenters. The molecule has 0 aliphatic carbocycles. The minimum atomic E-state index is -0.0483. The maximum Gasteiger partial charge on any atom is 0.289 e. The lowest BCUT2D eigenvalue weighted by atomic mass is 10.2. The molecule has 0 atom stereocenters. The van der Waals surface area contributed by atoms with E-state index in [1.54, 1.807) is 16.9 Å². The van der Waals surface area contributed by atoms with E-state index >= 15 is 0 Å². The molecule has 0 radical (unpaired) electrons. The summed E-state index contributed by atoms with van der Waals surface area (Å²) in [6.45, 7) is 4.47. The van der Waals surface area contributed by atoms with Crippen LogP contribution in [-0.2, 0) is 13.1 Å². The van der Waals surface area contributed by atoms with Crippen molar-refractivity contribution in [3.05, 3.63) is 77.0 Å². The largest absolute Gasteiger partial charge is 0.454 e. The van der Waals surface area contributed by atoms with Crippen LogP contribution in [0.15, 0.2) is 59.3 Å². The lowest BCUT2D eigenvalue weighted by Gasteiger charge is -2.34. The van der Waals surface area contributed by atoms with Gasteiger partial charge in [0.15, 0.2) is 5.76 Å². The Hall–Kier alpha value is -2.57. The molecule has 0 saturated carbocycles. The summed E-state index contributed by atoms with van der Waals surface area (Å²) in [6, 6.07) is 13.4. The molecule has 4 rings (SSSR count). The number of piperazine rings is 1. The number of furan rings is 1. The van der Waals surface area contributed by atoms with E-state index in [0.717, 1.165) is 30.4 Å². The van der Waals surface area contributed by atoms with E-state index in [-0.39, 0.29) is 5.91 Å². The van der Waals surface area contributed by atoms with Gasteiger partial charge in [-0.2, -0.15) is 5.10 Å². The first kappa shape index (κ1) is 17.8. The van der Waals surface area contributed by atoms with Crippen LogP contribution in [0, 0.1) is 0 Å². The van der Waals surface area contributed by atoms with Crippen molar-refractivity contribution in [2.75, 3.05) is 26.2 Å². The van der Waals surface area contributed by atoms with Gasteiger partial charge in [0.2, 0.25) is 0 Å². The van der Waals surface area contributed by atoms with Gasteiger partial charge in [-0.15, -0.1) is 0 Å². The van der Waals surface area contributed by atoms with Crippen LogP contribution in [0.2, 0.25) is 5.02 Å². The van der Waals surface area contributed by atoms with Crippen molar-refractivity contribution < 1.29 is 9.21 Å². The van der Waals surface area contributed by atoms with Crippen molar-refractivity contribution in [2.24, 2.45) is 0 Å². The molecule has 3 heterocycles. The fourth-order valence-electron chi connectivity index (χ4n) is 3.24. The third kappa shape index (κ3) is 4.40. The number of nitrogens with zero attached hydrogens (tertiary/aromatic N) is 4. The summed E-state index contributed by atoms with van der Waals surface area (Å²) >= 11 is 5.94. The molecular weight excluding hydrogens is 364 g/mol. The number of rotatable bonds is 5. The van der Waals surface area contributed by atoms with Crippen molar-refractivity contribution in [2.45, 2.75) is 13.1 Å². The number of amides is 1. The normalized spacial score (nSPS) is 15.2. The highest BCUT2D eigenvalue weighted by molar-refractivity contribution is 6.30. The van der Waals surface area contributed by atoms with Gasteiger partial charge in [-0.05, 0) is 35.9 Å². The first-order valence-electron chi connectivity index (χ1n) is 8.99. The molecule has 0 bridgehead atoms. The fraction of sp³-hybridized carbons (Fsp3) is 0.300. The van der Waals surface area contributed by atoms with Crippen LogP contribution < -0.4 is 0 Å². The molecule has 140 valence electrons. The molecule has 1 aliphatic heterocycles. The van der Waals surface area contributed by atoms with E-state index in [4.69, 9.17) is 16.0 Å². The van der Waals surface area contributed by atoms with Crippen LogP contribution in [0.1, 0.15) is 21.9 Å². The number of carbonyl (C=O) groups is 1. The Morgan fingerprint density at radius 1 is 1.04 bits per heavy atom. The number of aromatic nitrogens is 2. The smallest absolute Gasteiger partial charge is 0.289 e. The standard InChI is InChI=1S/C20H21ClN4O2/c21-17-4-2-16(3-5-17)14-23-10-12-24(13-11-23)20(26)19-7-6-18(27-19)15-25-9-1-8-22-25/h1-9H,10-15H2. The van der Waals surface area contributed by atoms with E-state index in [9.17, 15) is 4.79 Å². The Kier molecular flexibility index (Phi) is 5.27. The molecule has 6 nitrogen and oxygen atoms in total. The van der Waals surface area contributed by atoms with Gasteiger partial charge in [0.1, 0.15) is 5.76 Å². The van der Waals surface area contributed by atoms with E-state index in [0.29, 0.717) is 25.4 Å². The average Bonchev–Trinajstić information content (AvgIpc) is 3.36. The first-order chi connectivity index (χ1) is 13.2. The molecular formula is C20H21ClN4O2. The molecule has 0 N–H and O–H groups in total. The first-order valence-corrected chi connectivity index (χ1v) is 9.37. The van der Waals surface area contributed by atoms with Crippen molar-refractivity contribution in [3.8, 4) is 0 Å². The summed E-state index contributed by atoms with van der Waals surface area (Å²) in [5.41, 5.74) is 1.23. The lowest BCUT2D eigenvalue weighted by molar-refractivity contribution is 0.0596. The topological polar surface area (TPSA) is 54.5 Å². The second kappa shape index (κ2) is 7.98. The van der Waals surface area contributed by atoms with Gasteiger partial charge >= 0.3 is 0 Å². The third-order valence-corrected chi connectivity index (χ3v) is 4.98. The minimum Gasteiger partial charge on any atom is -0.454 e. The zero-order valence-electron chi connectivity index (χ0n) is 14.9. The third-order valence-electron chi connectivity index (χ3n) is 4.73. The van der Waals surface area contributed by atoms with Crippen molar-refractivity contribution >= 4 is 17.5 Å². The number of halogens is 1. The molecule has 1 aromatic carbocycles. The summed E-state index contributed by atoms with van der Waals surface area (Å²) in [4.78, 5) is 16.9. The van der Waals surface area contributed by atoms with Crippen molar-refractivity contribution in [1.82, 2.24) is 19.6 Å². The zero-order valence-corrected chi connectivity index (χ0v) is 15.7. The Labute approximate surface area is 162 Å². The van der Waals surface area contributed by atoms with Crippen LogP contribution in [0.3, 0.4) is 0 Å². The molecule has 7 heteroatoms. The van der Waals surface area contributed by atoms with Gasteiger partial charge in [-0.1, -0.05) is 23.7 Å². The average molecular weight is 385 g/mol. The molecule has 0 spiro atoms. The van der Waals surface area contributed by atoms with Crippen LogP contribution >= 0.6 is 11.6 Å². The highest BCUT2D eigenvalue weighted by Crippen LogP contribution is 2.16. The molecule has 1 saturated heterocycles. The van der Waals surface area contributed by atoms with Crippen LogP contribution in [0.5, 0.6) is 0 Å². The maximum atomic E-state index is 12.7. The highest BCUT2D eigenvalue weighted by atomic mass is 35.5. The summed E-state index contributed by atoms with van der Waals surface area (Å²) in [5, 5.41) is 4.90. The van der Waals surface area contributed by atoms with Gasteiger partial charge in [0.25, 0.3) is 5.91 Å². The fourth-order valence-corrected chi connectivity index (χ4v) is 3.37. The van der Waals surface area contributed by atoms with E-state index in [1.807, 2.05) is 47.5 Å². The van der Waals surface area contributed by atoms with E-state index in [1.165, 1.54) is 5.56 Å². The van der Waals surface area contributed by atoms with Gasteiger partial charge in [0.05, 0.1) is 6.54 Å². The van der Waals surface area contributed by atoms with Gasteiger partial charge < -0.3 is 9.32 Å². The van der Waals surface area contributed by atoms with Crippen LogP contribution in [0.4, 0.5) is 0 Å². The minimum absolute atomic E-state index is 0.0483. The molecule has 2 aromatic heterocycles. The Balaban J connectivity index is 1.30. The summed E-state index contributed by atoms with van der Waals surface area (Å²) < 4.78 is 7.49. The van der Waals surface area contributed by atoms with E-state index in [2.05, 4.69) is 10.00 Å². The number of hydrogen-bond donors (Lipinski definition) is 0. The summed E-state index contributed by atoms with van der Waals surface area (Å²) in [6.07, 6.45) is 3.59. The summed E-state index contributed by atoms with van der Waals surface area (Å²) in [7, 11) is 0. The van der Waals surface area contributed by atoms with Gasteiger partial charge in [-0.25, -0.2) is 0 Å². The van der Waals surface area contributed by atoms with Crippen LogP contribution in [-0.4, -0.2) is 51.7 Å². The predicted octanol–water partition coefficient (Wildman–Crippen LogP) is 3.14. The van der Waals surface area contributed by atoms with Crippen LogP contribution in [0.25, 0.3) is 0 Å². The zero-order chi connectivity index (χ0) is 18.6. The monoisotopic (exact) mass is 384 g/mol. The number of benzene rings is 1. The molecule has 27 heavy (non-hydrogen) atoms. The molecule has 1 aliphatic rings. The Morgan fingerprint density at radius 3 is 2.52 bits per heavy atom. The molecule has 1 fully saturated rings. The second-order valence-electron chi connectivity index (χ2n) is 6.66. The molecule has 1 amide bonds. The predicted molar refractivity (Wildman–Crippen MR) is 103 cm³/mol.